The summed E-state index contributed by atoms with van der Waals surface area (Å²) in [4.78, 5) is 11.1. The van der Waals surface area contributed by atoms with Crippen LogP contribution < -0.4 is 0 Å². The molecular formula is C19H19F3N2O4. The molecule has 1 saturated heterocycles. The molecule has 0 radical (unpaired) electrons. The third-order valence-electron chi connectivity index (χ3n) is 4.32. The molecule has 3 rings (SSSR count). The second kappa shape index (κ2) is 7.76. The van der Waals surface area contributed by atoms with Crippen LogP contribution in [-0.4, -0.2) is 46.8 Å². The Balaban J connectivity index is 2.06. The zero-order valence-corrected chi connectivity index (χ0v) is 15.1. The van der Waals surface area contributed by atoms with Crippen molar-refractivity contribution in [2.75, 3.05) is 19.8 Å². The molecule has 1 aliphatic heterocycles. The third kappa shape index (κ3) is 4.26. The van der Waals surface area contributed by atoms with Crippen LogP contribution in [0.25, 0.3) is 16.8 Å². The van der Waals surface area contributed by atoms with Gasteiger partial charge in [0, 0.05) is 17.3 Å². The molecule has 150 valence electrons. The van der Waals surface area contributed by atoms with E-state index in [1.807, 2.05) is 0 Å². The summed E-state index contributed by atoms with van der Waals surface area (Å²) in [5.74, 6) is -1.43. The lowest BCUT2D eigenvalue weighted by atomic mass is 9.97. The molecule has 0 aliphatic carbocycles. The molecule has 9 heteroatoms. The van der Waals surface area contributed by atoms with Crippen molar-refractivity contribution in [3.8, 4) is 11.3 Å². The van der Waals surface area contributed by atoms with Gasteiger partial charge in [0.1, 0.15) is 11.8 Å². The van der Waals surface area contributed by atoms with E-state index >= 15 is 0 Å². The fourth-order valence-electron chi connectivity index (χ4n) is 3.00. The van der Waals surface area contributed by atoms with Gasteiger partial charge in [-0.15, -0.1) is 0 Å². The first-order chi connectivity index (χ1) is 13.2. The summed E-state index contributed by atoms with van der Waals surface area (Å²) in [6.45, 7) is 7.13. The standard InChI is InChI=1S/C19H19F3N2O4/c1-11(2)15-9-24(8-13-10-27-5-6-28-13)23-17(15)14-4-3-12(18(25)26)7-16(14)19(20,21)22/h3-4,7,9,13H,1,5-6,8,10H2,2H3,(H,25,26)/t13-/m0/s1. The zero-order chi connectivity index (χ0) is 20.5. The van der Waals surface area contributed by atoms with Crippen LogP contribution in [0.3, 0.4) is 0 Å². The molecular weight excluding hydrogens is 377 g/mol. The third-order valence-corrected chi connectivity index (χ3v) is 4.32. The number of hydrogen-bond acceptors (Lipinski definition) is 4. The lowest BCUT2D eigenvalue weighted by molar-refractivity contribution is -0.137. The Hall–Kier alpha value is -2.65. The van der Waals surface area contributed by atoms with Crippen molar-refractivity contribution in [1.29, 1.82) is 0 Å². The van der Waals surface area contributed by atoms with Crippen molar-refractivity contribution in [3.05, 3.63) is 47.7 Å². The predicted molar refractivity (Wildman–Crippen MR) is 94.9 cm³/mol. The molecule has 1 aliphatic rings. The Bertz CT molecular complexity index is 899. The van der Waals surface area contributed by atoms with Crippen LogP contribution in [0.4, 0.5) is 13.2 Å². The number of nitrogens with zero attached hydrogens (tertiary/aromatic N) is 2. The van der Waals surface area contributed by atoms with Crippen molar-refractivity contribution in [3.63, 3.8) is 0 Å². The van der Waals surface area contributed by atoms with E-state index < -0.39 is 23.3 Å². The molecule has 0 amide bonds. The SMILES string of the molecule is C=C(C)c1cn(C[C@H]2COCCO2)nc1-c1ccc(C(=O)O)cc1C(F)(F)F. The highest BCUT2D eigenvalue weighted by molar-refractivity contribution is 5.89. The van der Waals surface area contributed by atoms with E-state index in [1.54, 1.807) is 13.1 Å². The largest absolute Gasteiger partial charge is 0.478 e. The minimum Gasteiger partial charge on any atom is -0.478 e. The van der Waals surface area contributed by atoms with Crippen LogP contribution in [0.1, 0.15) is 28.4 Å². The molecule has 0 spiro atoms. The Morgan fingerprint density at radius 3 is 2.71 bits per heavy atom. The minimum absolute atomic E-state index is 0.0912. The van der Waals surface area contributed by atoms with Gasteiger partial charge in [-0.05, 0) is 24.6 Å². The van der Waals surface area contributed by atoms with E-state index in [4.69, 9.17) is 14.6 Å². The number of allylic oxidation sites excluding steroid dienone is 1. The number of hydrogen-bond donors (Lipinski definition) is 1. The van der Waals surface area contributed by atoms with Crippen LogP contribution >= 0.6 is 0 Å². The van der Waals surface area contributed by atoms with Gasteiger partial charge in [0.2, 0.25) is 0 Å². The number of carboxylic acid groups (broad SMARTS) is 1. The molecule has 2 aromatic rings. The summed E-state index contributed by atoms with van der Waals surface area (Å²) in [6, 6.07) is 2.88. The second-order valence-corrected chi connectivity index (χ2v) is 6.52. The Labute approximate surface area is 159 Å². The van der Waals surface area contributed by atoms with E-state index in [0.717, 1.165) is 12.1 Å². The number of carboxylic acids is 1. The number of alkyl halides is 3. The molecule has 2 heterocycles. The van der Waals surface area contributed by atoms with E-state index in [-0.39, 0.29) is 17.4 Å². The molecule has 1 atom stereocenters. The molecule has 6 nitrogen and oxygen atoms in total. The molecule has 1 fully saturated rings. The van der Waals surface area contributed by atoms with E-state index in [9.17, 15) is 18.0 Å². The van der Waals surface area contributed by atoms with Crippen molar-refractivity contribution in [2.45, 2.75) is 25.7 Å². The first kappa shape index (κ1) is 20.1. The van der Waals surface area contributed by atoms with E-state index in [0.29, 0.717) is 43.6 Å². The van der Waals surface area contributed by atoms with Gasteiger partial charge < -0.3 is 14.6 Å². The van der Waals surface area contributed by atoms with Gasteiger partial charge in [-0.3, -0.25) is 4.68 Å². The lowest BCUT2D eigenvalue weighted by Gasteiger charge is -2.22. The minimum atomic E-state index is -4.74. The number of ether oxygens (including phenoxy) is 2. The van der Waals surface area contributed by atoms with Gasteiger partial charge >= 0.3 is 12.1 Å². The topological polar surface area (TPSA) is 73.6 Å². The maximum absolute atomic E-state index is 13.6. The smallest absolute Gasteiger partial charge is 0.417 e. The average molecular weight is 396 g/mol. The predicted octanol–water partition coefficient (Wildman–Crippen LogP) is 3.72. The maximum atomic E-state index is 13.6. The van der Waals surface area contributed by atoms with Gasteiger partial charge in [-0.25, -0.2) is 4.79 Å². The fraction of sp³-hybridized carbons (Fsp3) is 0.368. The van der Waals surface area contributed by atoms with Crippen molar-refractivity contribution in [1.82, 2.24) is 9.78 Å². The van der Waals surface area contributed by atoms with Crippen LogP contribution in [0.5, 0.6) is 0 Å². The normalized spacial score (nSPS) is 17.5. The summed E-state index contributed by atoms with van der Waals surface area (Å²) >= 11 is 0. The van der Waals surface area contributed by atoms with E-state index in [1.165, 1.54) is 4.68 Å². The zero-order valence-electron chi connectivity index (χ0n) is 15.1. The van der Waals surface area contributed by atoms with Crippen molar-refractivity contribution < 1.29 is 32.5 Å². The summed E-state index contributed by atoms with van der Waals surface area (Å²) in [6.07, 6.45) is -3.38. The molecule has 0 bridgehead atoms. The summed E-state index contributed by atoms with van der Waals surface area (Å²) in [5.41, 5.74) is -0.621. The highest BCUT2D eigenvalue weighted by atomic mass is 19.4. The number of aromatic carboxylic acids is 1. The number of benzene rings is 1. The van der Waals surface area contributed by atoms with E-state index in [2.05, 4.69) is 11.7 Å². The van der Waals surface area contributed by atoms with Gasteiger partial charge in [0.25, 0.3) is 0 Å². The van der Waals surface area contributed by atoms with Gasteiger partial charge in [0.15, 0.2) is 0 Å². The summed E-state index contributed by atoms with van der Waals surface area (Å²) in [7, 11) is 0. The molecule has 1 aromatic heterocycles. The quantitative estimate of drug-likeness (QED) is 0.834. The lowest BCUT2D eigenvalue weighted by Crippen LogP contribution is -2.32. The summed E-state index contributed by atoms with van der Waals surface area (Å²) in [5, 5.41) is 13.4. The Morgan fingerprint density at radius 2 is 2.14 bits per heavy atom. The molecule has 0 saturated carbocycles. The van der Waals surface area contributed by atoms with Gasteiger partial charge in [0.05, 0.1) is 37.5 Å². The summed E-state index contributed by atoms with van der Waals surface area (Å²) < 4.78 is 53.2. The van der Waals surface area contributed by atoms with Crippen LogP contribution in [0, 0.1) is 0 Å². The van der Waals surface area contributed by atoms with Crippen molar-refractivity contribution in [2.24, 2.45) is 0 Å². The van der Waals surface area contributed by atoms with Crippen LogP contribution in [-0.2, 0) is 22.2 Å². The molecule has 0 unspecified atom stereocenters. The number of carbonyl (C=O) groups is 1. The van der Waals surface area contributed by atoms with Crippen LogP contribution in [0.2, 0.25) is 0 Å². The van der Waals surface area contributed by atoms with Gasteiger partial charge in [-0.1, -0.05) is 12.6 Å². The first-order valence-electron chi connectivity index (χ1n) is 8.54. The molecule has 1 aromatic carbocycles. The Kier molecular flexibility index (Phi) is 5.57. The Morgan fingerprint density at radius 1 is 1.39 bits per heavy atom. The first-order valence-corrected chi connectivity index (χ1v) is 8.54. The highest BCUT2D eigenvalue weighted by Crippen LogP contribution is 2.39. The number of rotatable bonds is 5. The second-order valence-electron chi connectivity index (χ2n) is 6.52. The maximum Gasteiger partial charge on any atom is 0.417 e. The average Bonchev–Trinajstić information content (AvgIpc) is 3.05. The van der Waals surface area contributed by atoms with Gasteiger partial charge in [-0.2, -0.15) is 18.3 Å². The molecule has 1 N–H and O–H groups in total. The number of aromatic nitrogens is 2. The fourth-order valence-corrected chi connectivity index (χ4v) is 3.00. The number of halogens is 3. The highest BCUT2D eigenvalue weighted by Gasteiger charge is 2.36. The molecule has 28 heavy (non-hydrogen) atoms. The van der Waals surface area contributed by atoms with Crippen LogP contribution in [0.15, 0.2) is 31.0 Å². The van der Waals surface area contributed by atoms with Crippen molar-refractivity contribution >= 4 is 11.5 Å². The monoisotopic (exact) mass is 396 g/mol.